The molecule has 0 aromatic carbocycles. The second-order valence-electron chi connectivity index (χ2n) is 4.11. The molecule has 2 bridgehead atoms. The van der Waals surface area contributed by atoms with E-state index in [4.69, 9.17) is 20.2 Å². The topological polar surface area (TPSA) is 61.7 Å². The molecule has 1 aromatic heterocycles. The van der Waals surface area contributed by atoms with Gasteiger partial charge in [0.1, 0.15) is 0 Å². The van der Waals surface area contributed by atoms with Crippen LogP contribution in [0.15, 0.2) is 28.2 Å². The van der Waals surface area contributed by atoms with E-state index in [2.05, 4.69) is 25.6 Å². The van der Waals surface area contributed by atoms with E-state index in [1.807, 2.05) is 30.6 Å². The molecule has 1 aromatic rings. The van der Waals surface area contributed by atoms with Crippen LogP contribution in [0.2, 0.25) is 0 Å². The van der Waals surface area contributed by atoms with Gasteiger partial charge in [0.25, 0.3) is 0 Å². The molecule has 5 nitrogen and oxygen atoms in total. The number of aromatic nitrogens is 1. The maximum absolute atomic E-state index is 4.80. The zero-order valence-corrected chi connectivity index (χ0v) is 14.3. The number of nitrogens with one attached hydrogen (secondary N) is 2. The van der Waals surface area contributed by atoms with Gasteiger partial charge in [-0.2, -0.15) is 0 Å². The molecule has 21 heavy (non-hydrogen) atoms. The minimum atomic E-state index is 0.00694. The number of pyridine rings is 1. The fraction of sp³-hybridized carbons (Fsp3) is 0.462. The first-order valence-corrected chi connectivity index (χ1v) is 9.87. The van der Waals surface area contributed by atoms with Gasteiger partial charge in [-0.05, 0) is 12.1 Å². The second kappa shape index (κ2) is 13.2. The quantitative estimate of drug-likeness (QED) is 0.680. The molecule has 0 unspecified atom stereocenters. The molecule has 0 saturated heterocycles. The summed E-state index contributed by atoms with van der Waals surface area (Å²) in [6.07, 6.45) is 3.63. The SMILES string of the molecule is C1=NCCNCCNCCN=Cc2cccc1n2.[Cl][Mn][Cl]. The average Bonchev–Trinajstić information content (AvgIpc) is 2.49. The van der Waals surface area contributed by atoms with Crippen LogP contribution in [0.25, 0.3) is 0 Å². The molecular formula is C13H19Cl2MnN5. The average molecular weight is 371 g/mol. The molecule has 1 aliphatic rings. The van der Waals surface area contributed by atoms with Crippen LogP contribution in [-0.4, -0.2) is 56.7 Å². The van der Waals surface area contributed by atoms with Gasteiger partial charge in [0.15, 0.2) is 0 Å². The zero-order valence-electron chi connectivity index (χ0n) is 11.6. The molecular weight excluding hydrogens is 352 g/mol. The van der Waals surface area contributed by atoms with Crippen LogP contribution in [0.1, 0.15) is 11.4 Å². The molecule has 0 amide bonds. The van der Waals surface area contributed by atoms with Crippen molar-refractivity contribution in [1.82, 2.24) is 15.6 Å². The van der Waals surface area contributed by atoms with Crippen LogP contribution in [-0.2, 0) is 13.1 Å². The summed E-state index contributed by atoms with van der Waals surface area (Å²) < 4.78 is 0. The van der Waals surface area contributed by atoms with Gasteiger partial charge in [-0.1, -0.05) is 6.07 Å². The van der Waals surface area contributed by atoms with Crippen molar-refractivity contribution in [2.45, 2.75) is 0 Å². The number of fused-ring (bicyclic) bond motifs is 2. The van der Waals surface area contributed by atoms with Gasteiger partial charge >= 0.3 is 33.3 Å². The van der Waals surface area contributed by atoms with Gasteiger partial charge in [-0.25, -0.2) is 4.98 Å². The number of hydrogen-bond donors (Lipinski definition) is 2. The monoisotopic (exact) mass is 370 g/mol. The van der Waals surface area contributed by atoms with E-state index in [-0.39, 0.29) is 13.1 Å². The summed E-state index contributed by atoms with van der Waals surface area (Å²) >= 11 is 0.00694. The molecule has 0 saturated carbocycles. The number of rotatable bonds is 0. The first-order valence-electron chi connectivity index (χ1n) is 6.62. The maximum atomic E-state index is 4.80. The summed E-state index contributed by atoms with van der Waals surface area (Å²) in [6, 6.07) is 5.88. The summed E-state index contributed by atoms with van der Waals surface area (Å²) in [7, 11) is 9.59. The third-order valence-electron chi connectivity index (χ3n) is 2.55. The van der Waals surface area contributed by atoms with Gasteiger partial charge in [-0.15, -0.1) is 0 Å². The predicted molar refractivity (Wildman–Crippen MR) is 86.6 cm³/mol. The molecule has 1 aliphatic heterocycles. The Kier molecular flexibility index (Phi) is 11.7. The Labute approximate surface area is 140 Å². The Morgan fingerprint density at radius 3 is 1.81 bits per heavy atom. The van der Waals surface area contributed by atoms with E-state index in [9.17, 15) is 0 Å². The van der Waals surface area contributed by atoms with Crippen LogP contribution >= 0.6 is 20.2 Å². The zero-order chi connectivity index (χ0) is 15.2. The number of hydrogen-bond acceptors (Lipinski definition) is 5. The van der Waals surface area contributed by atoms with Crippen molar-refractivity contribution in [2.75, 3.05) is 39.3 Å². The summed E-state index contributed by atoms with van der Waals surface area (Å²) in [4.78, 5) is 13.1. The Hall–Kier alpha value is -0.491. The van der Waals surface area contributed by atoms with Gasteiger partial charge in [0.2, 0.25) is 0 Å². The van der Waals surface area contributed by atoms with Crippen LogP contribution < -0.4 is 10.6 Å². The van der Waals surface area contributed by atoms with E-state index < -0.39 is 0 Å². The van der Waals surface area contributed by atoms with Crippen molar-refractivity contribution in [3.8, 4) is 0 Å². The van der Waals surface area contributed by atoms with E-state index in [0.717, 1.165) is 50.7 Å². The Morgan fingerprint density at radius 2 is 1.33 bits per heavy atom. The van der Waals surface area contributed by atoms with Crippen molar-refractivity contribution >= 4 is 32.6 Å². The normalized spacial score (nSPS) is 16.3. The third kappa shape index (κ3) is 9.96. The molecule has 2 rings (SSSR count). The first kappa shape index (κ1) is 18.6. The Bertz CT molecular complexity index is 407. The van der Waals surface area contributed by atoms with E-state index in [0.29, 0.717) is 0 Å². The number of halogens is 2. The van der Waals surface area contributed by atoms with Crippen molar-refractivity contribution in [2.24, 2.45) is 9.98 Å². The standard InChI is InChI=1S/C13H19N5.2ClH.Mn/c1-2-12-10-16-8-6-14-4-5-15-7-9-17-11-13(3-1)18-12;;;/h1-3,10-11,14-15H,4-9H2;2*1H;/q;;;+2/p-2. The molecule has 8 heteroatoms. The molecule has 0 aliphatic carbocycles. The van der Waals surface area contributed by atoms with Gasteiger partial charge in [0.05, 0.1) is 24.5 Å². The van der Waals surface area contributed by atoms with Crippen molar-refractivity contribution in [1.29, 1.82) is 0 Å². The Balaban J connectivity index is 0.000000677. The second-order valence-corrected chi connectivity index (χ2v) is 6.06. The number of nitrogens with zero attached hydrogens (tertiary/aromatic N) is 3. The van der Waals surface area contributed by atoms with E-state index in [1.54, 1.807) is 0 Å². The number of aliphatic imine (C=N–C) groups is 2. The molecule has 0 spiro atoms. The fourth-order valence-corrected chi connectivity index (χ4v) is 1.64. The Morgan fingerprint density at radius 1 is 0.857 bits per heavy atom. The summed E-state index contributed by atoms with van der Waals surface area (Å²) in [5, 5.41) is 6.65. The van der Waals surface area contributed by atoms with Gasteiger partial charge in [0, 0.05) is 38.6 Å². The van der Waals surface area contributed by atoms with Crippen LogP contribution in [0.4, 0.5) is 0 Å². The first-order chi connectivity index (χ1) is 10.4. The van der Waals surface area contributed by atoms with Crippen LogP contribution in [0.5, 0.6) is 0 Å². The molecule has 0 atom stereocenters. The van der Waals surface area contributed by atoms with Crippen molar-refractivity contribution in [3.05, 3.63) is 29.6 Å². The van der Waals surface area contributed by atoms with Crippen LogP contribution in [0.3, 0.4) is 0 Å². The van der Waals surface area contributed by atoms with Crippen molar-refractivity contribution in [3.63, 3.8) is 0 Å². The van der Waals surface area contributed by atoms with Gasteiger partial charge < -0.3 is 10.6 Å². The molecule has 0 radical (unpaired) electrons. The molecule has 2 N–H and O–H groups in total. The summed E-state index contributed by atoms with van der Waals surface area (Å²) in [5.74, 6) is 0. The minimum absolute atomic E-state index is 0.00694. The van der Waals surface area contributed by atoms with E-state index >= 15 is 0 Å². The third-order valence-corrected chi connectivity index (χ3v) is 2.55. The van der Waals surface area contributed by atoms with Crippen molar-refractivity contribution < 1.29 is 13.1 Å². The fourth-order valence-electron chi connectivity index (χ4n) is 1.64. The molecule has 117 valence electrons. The van der Waals surface area contributed by atoms with Crippen LogP contribution in [0, 0.1) is 0 Å². The van der Waals surface area contributed by atoms with E-state index in [1.165, 1.54) is 0 Å². The summed E-state index contributed by atoms with van der Waals surface area (Å²) in [6.45, 7) is 5.28. The summed E-state index contributed by atoms with van der Waals surface area (Å²) in [5.41, 5.74) is 1.76. The molecule has 2 heterocycles. The van der Waals surface area contributed by atoms with Gasteiger partial charge in [-0.3, -0.25) is 9.98 Å². The molecule has 0 fully saturated rings. The predicted octanol–water partition coefficient (Wildman–Crippen LogP) is 1.49.